The van der Waals surface area contributed by atoms with Crippen molar-refractivity contribution in [1.82, 2.24) is 4.90 Å². The first-order valence-corrected chi connectivity index (χ1v) is 8.48. The van der Waals surface area contributed by atoms with Gasteiger partial charge in [0, 0.05) is 31.2 Å². The lowest BCUT2D eigenvalue weighted by Gasteiger charge is -2.59. The molecule has 0 spiro atoms. The van der Waals surface area contributed by atoms with E-state index < -0.39 is 0 Å². The van der Waals surface area contributed by atoms with Gasteiger partial charge in [-0.2, -0.15) is 0 Å². The fourth-order valence-electron chi connectivity index (χ4n) is 4.17. The first kappa shape index (κ1) is 15.6. The summed E-state index contributed by atoms with van der Waals surface area (Å²) in [5.41, 5.74) is 1.91. The van der Waals surface area contributed by atoms with Gasteiger partial charge in [-0.25, -0.2) is 0 Å². The van der Waals surface area contributed by atoms with Crippen LogP contribution in [-0.4, -0.2) is 60.8 Å². The number of benzene rings is 1. The van der Waals surface area contributed by atoms with E-state index in [9.17, 15) is 14.7 Å². The Labute approximate surface area is 141 Å². The second-order valence-electron chi connectivity index (χ2n) is 6.86. The van der Waals surface area contributed by atoms with Gasteiger partial charge in [0.1, 0.15) is 6.61 Å². The van der Waals surface area contributed by atoms with Crippen molar-refractivity contribution in [3.8, 4) is 0 Å². The molecule has 2 heterocycles. The van der Waals surface area contributed by atoms with Crippen LogP contribution in [0.4, 0.5) is 5.69 Å². The average Bonchev–Trinajstić information content (AvgIpc) is 3.40. The summed E-state index contributed by atoms with van der Waals surface area (Å²) in [5, 5.41) is 9.84. The summed E-state index contributed by atoms with van der Waals surface area (Å²) in [6.07, 6.45) is 1.88. The lowest BCUT2D eigenvalue weighted by Crippen LogP contribution is -2.71. The third-order valence-electron chi connectivity index (χ3n) is 5.44. The number of carbonyl (C=O) groups excluding carboxylic acids is 2. The van der Waals surface area contributed by atoms with Gasteiger partial charge in [-0.3, -0.25) is 9.59 Å². The Kier molecular flexibility index (Phi) is 3.81. The van der Waals surface area contributed by atoms with Crippen molar-refractivity contribution >= 4 is 17.5 Å². The molecule has 2 aliphatic heterocycles. The first-order chi connectivity index (χ1) is 11.7. The predicted octanol–water partition coefficient (Wildman–Crippen LogP) is 0.745. The predicted molar refractivity (Wildman–Crippen MR) is 87.6 cm³/mol. The molecule has 24 heavy (non-hydrogen) atoms. The Morgan fingerprint density at radius 2 is 2.04 bits per heavy atom. The SMILES string of the molecule is COCC(=O)N1C[C@H]2[C@@H](c3ccccc31)[C@@H](CO)N2C(=O)C1CC1. The molecule has 1 aliphatic carbocycles. The summed E-state index contributed by atoms with van der Waals surface area (Å²) >= 11 is 0. The van der Waals surface area contributed by atoms with Gasteiger partial charge in [0.25, 0.3) is 5.91 Å². The van der Waals surface area contributed by atoms with Gasteiger partial charge in [-0.1, -0.05) is 18.2 Å². The van der Waals surface area contributed by atoms with Crippen LogP contribution in [0.3, 0.4) is 0 Å². The lowest BCUT2D eigenvalue weighted by molar-refractivity contribution is -0.152. The number of rotatable bonds is 4. The summed E-state index contributed by atoms with van der Waals surface area (Å²) in [6.45, 7) is 0.449. The molecular formula is C18H22N2O4. The van der Waals surface area contributed by atoms with E-state index in [1.54, 1.807) is 4.90 Å². The summed E-state index contributed by atoms with van der Waals surface area (Å²) in [7, 11) is 1.50. The van der Waals surface area contributed by atoms with Gasteiger partial charge in [0.05, 0.1) is 18.7 Å². The third-order valence-corrected chi connectivity index (χ3v) is 5.44. The molecule has 6 heteroatoms. The fourth-order valence-corrected chi connectivity index (χ4v) is 4.17. The van der Waals surface area contributed by atoms with Crippen LogP contribution in [0.1, 0.15) is 24.3 Å². The number of para-hydroxylation sites is 1. The molecule has 1 saturated heterocycles. The van der Waals surface area contributed by atoms with Gasteiger partial charge < -0.3 is 19.6 Å². The molecule has 1 saturated carbocycles. The van der Waals surface area contributed by atoms with Crippen LogP contribution in [0, 0.1) is 5.92 Å². The molecule has 2 amide bonds. The standard InChI is InChI=1S/C18H22N2O4/c1-24-10-16(22)19-8-14-17(12-4-2-3-5-13(12)19)15(9-21)20(14)18(23)11-6-7-11/h2-5,11,14-15,17,21H,6-10H2,1H3/t14-,15+,17+/m0/s1. The zero-order chi connectivity index (χ0) is 16.8. The highest BCUT2D eigenvalue weighted by Crippen LogP contribution is 2.50. The smallest absolute Gasteiger partial charge is 0.253 e. The van der Waals surface area contributed by atoms with E-state index >= 15 is 0 Å². The van der Waals surface area contributed by atoms with Crippen molar-refractivity contribution < 1.29 is 19.4 Å². The van der Waals surface area contributed by atoms with Crippen molar-refractivity contribution in [3.63, 3.8) is 0 Å². The number of nitrogens with zero attached hydrogens (tertiary/aromatic N) is 2. The van der Waals surface area contributed by atoms with Crippen LogP contribution in [0.5, 0.6) is 0 Å². The highest BCUT2D eigenvalue weighted by atomic mass is 16.5. The first-order valence-electron chi connectivity index (χ1n) is 8.48. The highest BCUT2D eigenvalue weighted by Gasteiger charge is 2.56. The van der Waals surface area contributed by atoms with Crippen molar-refractivity contribution in [2.75, 3.05) is 31.8 Å². The van der Waals surface area contributed by atoms with E-state index in [-0.39, 0.29) is 48.9 Å². The van der Waals surface area contributed by atoms with Gasteiger partial charge in [-0.15, -0.1) is 0 Å². The van der Waals surface area contributed by atoms with Crippen LogP contribution in [0.15, 0.2) is 24.3 Å². The van der Waals surface area contributed by atoms with E-state index in [2.05, 4.69) is 0 Å². The average molecular weight is 330 g/mol. The van der Waals surface area contributed by atoms with Gasteiger partial charge in [0.2, 0.25) is 5.91 Å². The number of fused-ring (bicyclic) bond motifs is 3. The summed E-state index contributed by atoms with van der Waals surface area (Å²) in [6, 6.07) is 7.56. The van der Waals surface area contributed by atoms with E-state index in [0.29, 0.717) is 6.54 Å². The van der Waals surface area contributed by atoms with Gasteiger partial charge in [-0.05, 0) is 24.5 Å². The maximum atomic E-state index is 12.6. The molecule has 3 atom stereocenters. The van der Waals surface area contributed by atoms with Crippen molar-refractivity contribution in [1.29, 1.82) is 0 Å². The molecule has 0 bridgehead atoms. The lowest BCUT2D eigenvalue weighted by atomic mass is 9.71. The molecular weight excluding hydrogens is 308 g/mol. The quantitative estimate of drug-likeness (QED) is 0.884. The minimum atomic E-state index is -0.177. The minimum Gasteiger partial charge on any atom is -0.394 e. The molecule has 1 aromatic carbocycles. The molecule has 0 radical (unpaired) electrons. The van der Waals surface area contributed by atoms with E-state index in [4.69, 9.17) is 4.74 Å². The Hall–Kier alpha value is -1.92. The van der Waals surface area contributed by atoms with E-state index in [1.807, 2.05) is 29.2 Å². The molecule has 0 unspecified atom stereocenters. The maximum Gasteiger partial charge on any atom is 0.253 e. The Morgan fingerprint density at radius 3 is 2.71 bits per heavy atom. The van der Waals surface area contributed by atoms with E-state index in [0.717, 1.165) is 24.1 Å². The summed E-state index contributed by atoms with van der Waals surface area (Å²) in [5.74, 6) is 0.240. The van der Waals surface area contributed by atoms with Gasteiger partial charge >= 0.3 is 0 Å². The maximum absolute atomic E-state index is 12.6. The molecule has 1 aromatic rings. The van der Waals surface area contributed by atoms with Crippen molar-refractivity contribution in [2.45, 2.75) is 30.8 Å². The number of hydrogen-bond donors (Lipinski definition) is 1. The Bertz CT molecular complexity index is 673. The van der Waals surface area contributed by atoms with Crippen LogP contribution in [-0.2, 0) is 14.3 Å². The molecule has 0 aromatic heterocycles. The number of amides is 2. The zero-order valence-electron chi connectivity index (χ0n) is 13.7. The normalized spacial score (nSPS) is 28.0. The third kappa shape index (κ3) is 2.24. The number of hydrogen-bond acceptors (Lipinski definition) is 4. The molecule has 6 nitrogen and oxygen atoms in total. The second-order valence-corrected chi connectivity index (χ2v) is 6.86. The molecule has 128 valence electrons. The van der Waals surface area contributed by atoms with Crippen LogP contribution in [0.2, 0.25) is 0 Å². The number of aliphatic hydroxyl groups is 1. The number of aliphatic hydroxyl groups excluding tert-OH is 1. The largest absolute Gasteiger partial charge is 0.394 e. The summed E-state index contributed by atoms with van der Waals surface area (Å²) < 4.78 is 5.01. The fraction of sp³-hybridized carbons (Fsp3) is 0.556. The Balaban J connectivity index is 1.69. The number of likely N-dealkylation sites (tertiary alicyclic amines) is 1. The number of methoxy groups -OCH3 is 1. The van der Waals surface area contributed by atoms with Crippen molar-refractivity contribution in [2.24, 2.45) is 5.92 Å². The summed E-state index contributed by atoms with van der Waals surface area (Å²) in [4.78, 5) is 28.6. The molecule has 1 N–H and O–H groups in total. The zero-order valence-corrected chi connectivity index (χ0v) is 13.7. The number of carbonyl (C=O) groups is 2. The van der Waals surface area contributed by atoms with Crippen LogP contribution in [0.25, 0.3) is 0 Å². The highest BCUT2D eigenvalue weighted by molar-refractivity contribution is 5.96. The molecule has 3 aliphatic rings. The second kappa shape index (κ2) is 5.86. The molecule has 2 fully saturated rings. The monoisotopic (exact) mass is 330 g/mol. The molecule has 4 rings (SSSR count). The minimum absolute atomic E-state index is 0.0196. The topological polar surface area (TPSA) is 70.1 Å². The van der Waals surface area contributed by atoms with Crippen LogP contribution < -0.4 is 4.90 Å². The van der Waals surface area contributed by atoms with Gasteiger partial charge in [0.15, 0.2) is 0 Å². The van der Waals surface area contributed by atoms with Crippen molar-refractivity contribution in [3.05, 3.63) is 29.8 Å². The van der Waals surface area contributed by atoms with E-state index in [1.165, 1.54) is 7.11 Å². The number of ether oxygens (including phenoxy) is 1. The Morgan fingerprint density at radius 1 is 1.29 bits per heavy atom. The van der Waals surface area contributed by atoms with Crippen LogP contribution >= 0.6 is 0 Å². The number of anilines is 1.